The van der Waals surface area contributed by atoms with E-state index in [1.165, 1.54) is 0 Å². The lowest BCUT2D eigenvalue weighted by molar-refractivity contribution is -0.123. The quantitative estimate of drug-likeness (QED) is 0.125. The summed E-state index contributed by atoms with van der Waals surface area (Å²) in [6, 6.07) is 15.5. The van der Waals surface area contributed by atoms with Crippen molar-refractivity contribution in [2.75, 3.05) is 64.2 Å². The standard InChI is InChI=1S/C29H39N7O6/c30-26(38)9-10-27(39)35-21-22-5-1-2-6-23(22)29-28(24-7-3-4-8-25(24)35)33-34-36(29)13-16-41-18-20-42-19-17-40-15-12-32-31-11-14-37/h1-8,31-32,37H,9-21H2,(H2,30,38). The highest BCUT2D eigenvalue weighted by molar-refractivity contribution is 6.01. The fourth-order valence-corrected chi connectivity index (χ4v) is 4.61. The second-order valence-corrected chi connectivity index (χ2v) is 9.54. The van der Waals surface area contributed by atoms with Crippen LogP contribution in [0.3, 0.4) is 0 Å². The number of benzene rings is 2. The summed E-state index contributed by atoms with van der Waals surface area (Å²) in [6.45, 7) is 4.84. The van der Waals surface area contributed by atoms with Crippen LogP contribution in [0, 0.1) is 0 Å². The smallest absolute Gasteiger partial charge is 0.227 e. The highest BCUT2D eigenvalue weighted by Gasteiger charge is 2.28. The number of ether oxygens (including phenoxy) is 3. The minimum atomic E-state index is -0.509. The molecule has 2 aromatic carbocycles. The molecule has 42 heavy (non-hydrogen) atoms. The maximum absolute atomic E-state index is 13.2. The average Bonchev–Trinajstić information content (AvgIpc) is 3.41. The predicted octanol–water partition coefficient (Wildman–Crippen LogP) is 0.861. The van der Waals surface area contributed by atoms with Gasteiger partial charge in [-0.05, 0) is 11.6 Å². The lowest BCUT2D eigenvalue weighted by Gasteiger charge is -2.28. The van der Waals surface area contributed by atoms with Gasteiger partial charge in [-0.25, -0.2) is 4.68 Å². The third kappa shape index (κ3) is 8.64. The highest BCUT2D eigenvalue weighted by Crippen LogP contribution is 2.41. The molecule has 0 atom stereocenters. The van der Waals surface area contributed by atoms with E-state index in [2.05, 4.69) is 21.2 Å². The molecular formula is C29H39N7O6. The van der Waals surface area contributed by atoms with E-state index in [9.17, 15) is 9.59 Å². The van der Waals surface area contributed by atoms with Gasteiger partial charge >= 0.3 is 0 Å². The van der Waals surface area contributed by atoms with Gasteiger partial charge in [0.1, 0.15) is 5.69 Å². The molecule has 0 saturated heterocycles. The van der Waals surface area contributed by atoms with Crippen LogP contribution >= 0.6 is 0 Å². The van der Waals surface area contributed by atoms with Gasteiger partial charge < -0.3 is 30.0 Å². The second kappa shape index (κ2) is 16.7. The number of nitrogens with one attached hydrogen (secondary N) is 2. The molecule has 1 aliphatic heterocycles. The summed E-state index contributed by atoms with van der Waals surface area (Å²) in [7, 11) is 0. The third-order valence-electron chi connectivity index (χ3n) is 6.60. The highest BCUT2D eigenvalue weighted by atomic mass is 16.5. The second-order valence-electron chi connectivity index (χ2n) is 9.54. The number of hydrogen-bond acceptors (Lipinski definition) is 10. The van der Waals surface area contributed by atoms with Crippen LogP contribution in [0.25, 0.3) is 22.5 Å². The molecule has 13 heteroatoms. The van der Waals surface area contributed by atoms with Crippen molar-refractivity contribution in [3.63, 3.8) is 0 Å². The number of amides is 2. The Morgan fingerprint density at radius 2 is 1.52 bits per heavy atom. The van der Waals surface area contributed by atoms with E-state index < -0.39 is 5.91 Å². The van der Waals surface area contributed by atoms with Gasteiger partial charge in [0.2, 0.25) is 11.8 Å². The first-order chi connectivity index (χ1) is 20.6. The minimum absolute atomic E-state index is 0.0121. The van der Waals surface area contributed by atoms with Gasteiger partial charge in [0.05, 0.1) is 70.7 Å². The van der Waals surface area contributed by atoms with E-state index in [1.807, 2.05) is 53.2 Å². The first-order valence-electron chi connectivity index (χ1n) is 14.1. The number of aliphatic hydroxyl groups is 1. The third-order valence-corrected chi connectivity index (χ3v) is 6.60. The lowest BCUT2D eigenvalue weighted by atomic mass is 9.95. The number of hydrazine groups is 1. The number of para-hydroxylation sites is 1. The van der Waals surface area contributed by atoms with Gasteiger partial charge in [0.15, 0.2) is 0 Å². The van der Waals surface area contributed by atoms with Crippen LogP contribution in [-0.2, 0) is 36.9 Å². The number of hydrogen-bond donors (Lipinski definition) is 4. The number of aromatic nitrogens is 3. The predicted molar refractivity (Wildman–Crippen MR) is 156 cm³/mol. The molecule has 0 aliphatic carbocycles. The Balaban J connectivity index is 1.35. The van der Waals surface area contributed by atoms with Crippen molar-refractivity contribution < 1.29 is 28.9 Å². The summed E-state index contributed by atoms with van der Waals surface area (Å²) in [5.41, 5.74) is 16.0. The van der Waals surface area contributed by atoms with E-state index in [0.29, 0.717) is 77.2 Å². The summed E-state index contributed by atoms with van der Waals surface area (Å²) in [6.07, 6.45) is 0.0164. The molecule has 13 nitrogen and oxygen atoms in total. The molecule has 4 rings (SSSR count). The lowest BCUT2D eigenvalue weighted by Crippen LogP contribution is -2.36. The molecule has 1 aromatic heterocycles. The zero-order valence-corrected chi connectivity index (χ0v) is 23.7. The number of rotatable bonds is 18. The fourth-order valence-electron chi connectivity index (χ4n) is 4.61. The van der Waals surface area contributed by atoms with E-state index in [0.717, 1.165) is 22.4 Å². The Morgan fingerprint density at radius 1 is 0.857 bits per heavy atom. The Bertz CT molecular complexity index is 1300. The number of nitrogens with zero attached hydrogens (tertiary/aromatic N) is 4. The number of fused-ring (bicyclic) bond motifs is 5. The van der Waals surface area contributed by atoms with Gasteiger partial charge in [-0.15, -0.1) is 5.10 Å². The molecule has 0 radical (unpaired) electrons. The molecule has 2 heterocycles. The van der Waals surface area contributed by atoms with Gasteiger partial charge in [0, 0.05) is 37.1 Å². The average molecular weight is 582 g/mol. The molecule has 1 aliphatic rings. The number of anilines is 1. The van der Waals surface area contributed by atoms with Gasteiger partial charge in [0.25, 0.3) is 0 Å². The Hall–Kier alpha value is -3.72. The van der Waals surface area contributed by atoms with Crippen LogP contribution in [-0.4, -0.2) is 91.3 Å². The first kappa shape index (κ1) is 31.2. The normalized spacial score (nSPS) is 12.3. The van der Waals surface area contributed by atoms with Crippen molar-refractivity contribution in [2.45, 2.75) is 25.9 Å². The topological polar surface area (TPSA) is 166 Å². The molecule has 0 spiro atoms. The van der Waals surface area contributed by atoms with Crippen molar-refractivity contribution in [1.82, 2.24) is 25.8 Å². The number of carbonyl (C=O) groups is 2. The SMILES string of the molecule is NC(=O)CCC(=O)N1Cc2ccccc2-c2c(nnn2CCOCCOCCOCCNNCCO)-c2ccccc21. The van der Waals surface area contributed by atoms with Crippen LogP contribution in [0.15, 0.2) is 48.5 Å². The molecular weight excluding hydrogens is 542 g/mol. The zero-order valence-electron chi connectivity index (χ0n) is 23.7. The Morgan fingerprint density at radius 3 is 2.29 bits per heavy atom. The summed E-state index contributed by atoms with van der Waals surface area (Å²) in [5.74, 6) is -0.692. The van der Waals surface area contributed by atoms with Gasteiger partial charge in [-0.1, -0.05) is 47.7 Å². The van der Waals surface area contributed by atoms with Crippen LogP contribution in [0.4, 0.5) is 5.69 Å². The molecule has 5 N–H and O–H groups in total. The van der Waals surface area contributed by atoms with Crippen LogP contribution in [0.1, 0.15) is 18.4 Å². The number of aliphatic hydroxyl groups excluding tert-OH is 1. The van der Waals surface area contributed by atoms with Crippen LogP contribution in [0.5, 0.6) is 0 Å². The van der Waals surface area contributed by atoms with Crippen molar-refractivity contribution in [3.8, 4) is 22.5 Å². The van der Waals surface area contributed by atoms with E-state index in [4.69, 9.17) is 25.1 Å². The van der Waals surface area contributed by atoms with E-state index in [-0.39, 0.29) is 25.4 Å². The first-order valence-corrected chi connectivity index (χ1v) is 14.1. The van der Waals surface area contributed by atoms with Crippen molar-refractivity contribution >= 4 is 17.5 Å². The maximum atomic E-state index is 13.2. The fraction of sp³-hybridized carbons (Fsp3) is 0.448. The summed E-state index contributed by atoms with van der Waals surface area (Å²) in [4.78, 5) is 26.3. The molecule has 0 unspecified atom stereocenters. The zero-order chi connectivity index (χ0) is 29.6. The minimum Gasteiger partial charge on any atom is -0.395 e. The summed E-state index contributed by atoms with van der Waals surface area (Å²) in [5, 5.41) is 17.7. The van der Waals surface area contributed by atoms with Crippen molar-refractivity contribution in [1.29, 1.82) is 0 Å². The number of carbonyl (C=O) groups excluding carboxylic acids is 2. The van der Waals surface area contributed by atoms with Gasteiger partial charge in [-0.3, -0.25) is 20.4 Å². The summed E-state index contributed by atoms with van der Waals surface area (Å²) < 4.78 is 18.7. The van der Waals surface area contributed by atoms with Gasteiger partial charge in [-0.2, -0.15) is 0 Å². The van der Waals surface area contributed by atoms with Crippen LogP contribution in [0.2, 0.25) is 0 Å². The monoisotopic (exact) mass is 581 g/mol. The molecule has 3 aromatic rings. The van der Waals surface area contributed by atoms with E-state index >= 15 is 0 Å². The Labute approximate surface area is 244 Å². The maximum Gasteiger partial charge on any atom is 0.227 e. The largest absolute Gasteiger partial charge is 0.395 e. The van der Waals surface area contributed by atoms with Crippen LogP contribution < -0.4 is 21.5 Å². The molecule has 0 fully saturated rings. The molecule has 0 bridgehead atoms. The summed E-state index contributed by atoms with van der Waals surface area (Å²) >= 11 is 0. The molecule has 0 saturated carbocycles. The van der Waals surface area contributed by atoms with Crippen molar-refractivity contribution in [2.24, 2.45) is 5.73 Å². The van der Waals surface area contributed by atoms with Crippen molar-refractivity contribution in [3.05, 3.63) is 54.1 Å². The number of primary amides is 1. The Kier molecular flexibility index (Phi) is 12.4. The van der Waals surface area contributed by atoms with E-state index in [1.54, 1.807) is 4.90 Å². The molecule has 2 amide bonds. The molecule has 226 valence electrons. The number of nitrogens with two attached hydrogens (primary N) is 1.